The van der Waals surface area contributed by atoms with Crippen molar-refractivity contribution in [2.75, 3.05) is 5.32 Å². The van der Waals surface area contributed by atoms with Gasteiger partial charge in [0.05, 0.1) is 0 Å². The highest BCUT2D eigenvalue weighted by atomic mass is 35.5. The van der Waals surface area contributed by atoms with E-state index in [-0.39, 0.29) is 13.0 Å². The van der Waals surface area contributed by atoms with Crippen molar-refractivity contribution in [2.24, 2.45) is 0 Å². The number of benzene rings is 3. The molecule has 1 atom stereocenters. The van der Waals surface area contributed by atoms with E-state index in [1.165, 1.54) is 18.2 Å². The molecule has 1 aliphatic rings. The minimum Gasteiger partial charge on any atom is -0.325 e. The molecule has 3 aromatic carbocycles. The number of halogens is 2. The van der Waals surface area contributed by atoms with E-state index in [1.807, 2.05) is 25.1 Å². The van der Waals surface area contributed by atoms with Crippen LogP contribution in [0.4, 0.5) is 10.1 Å². The Hall–Kier alpha value is -2.74. The maximum atomic E-state index is 14.4. The number of sulfonamides is 1. The van der Waals surface area contributed by atoms with E-state index < -0.39 is 32.7 Å². The van der Waals surface area contributed by atoms with Crippen LogP contribution in [0.2, 0.25) is 5.02 Å². The number of anilines is 1. The van der Waals surface area contributed by atoms with Gasteiger partial charge in [-0.1, -0.05) is 54.1 Å². The van der Waals surface area contributed by atoms with Gasteiger partial charge in [-0.3, -0.25) is 4.79 Å². The molecule has 1 amide bonds. The molecule has 3 aromatic rings. The first-order chi connectivity index (χ1) is 14.8. The molecule has 8 heteroatoms. The Morgan fingerprint density at radius 2 is 1.74 bits per heavy atom. The third-order valence-corrected chi connectivity index (χ3v) is 7.67. The minimum absolute atomic E-state index is 0.0282. The number of aryl methyl sites for hydroxylation is 1. The Morgan fingerprint density at radius 3 is 2.45 bits per heavy atom. The van der Waals surface area contributed by atoms with Gasteiger partial charge in [-0.25, -0.2) is 12.8 Å². The molecule has 5 nitrogen and oxygen atoms in total. The van der Waals surface area contributed by atoms with Crippen molar-refractivity contribution < 1.29 is 17.6 Å². The summed E-state index contributed by atoms with van der Waals surface area (Å²) in [6.07, 6.45) is 0.176. The molecule has 1 heterocycles. The molecular weight excluding hydrogens is 439 g/mol. The van der Waals surface area contributed by atoms with Gasteiger partial charge in [0.1, 0.15) is 16.8 Å². The zero-order valence-corrected chi connectivity index (χ0v) is 18.3. The van der Waals surface area contributed by atoms with E-state index in [0.29, 0.717) is 10.7 Å². The lowest BCUT2D eigenvalue weighted by Gasteiger charge is -2.35. The van der Waals surface area contributed by atoms with Gasteiger partial charge in [-0.15, -0.1) is 0 Å². The SMILES string of the molecule is Cc1ccc(NC(=O)[C@@H]2Cc3ccccc3CN2S(=O)(=O)c2ccccc2F)cc1Cl. The Kier molecular flexibility index (Phi) is 5.83. The summed E-state index contributed by atoms with van der Waals surface area (Å²) in [7, 11) is -4.27. The Balaban J connectivity index is 1.73. The standard InChI is InChI=1S/C23H20ClFN2O3S/c1-15-10-11-18(13-19(15)24)26-23(28)21-12-16-6-2-3-7-17(16)14-27(21)31(29,30)22-9-5-4-8-20(22)25/h2-11,13,21H,12,14H2,1H3,(H,26,28)/t21-/m0/s1. The average molecular weight is 459 g/mol. The van der Waals surface area contributed by atoms with Crippen LogP contribution >= 0.6 is 11.6 Å². The van der Waals surface area contributed by atoms with E-state index in [1.54, 1.807) is 24.3 Å². The van der Waals surface area contributed by atoms with Crippen molar-refractivity contribution in [3.8, 4) is 0 Å². The van der Waals surface area contributed by atoms with Gasteiger partial charge >= 0.3 is 0 Å². The predicted molar refractivity (Wildman–Crippen MR) is 118 cm³/mol. The summed E-state index contributed by atoms with van der Waals surface area (Å²) in [6.45, 7) is 1.81. The third kappa shape index (κ3) is 4.21. The lowest BCUT2D eigenvalue weighted by Crippen LogP contribution is -2.50. The van der Waals surface area contributed by atoms with Gasteiger partial charge in [0.2, 0.25) is 15.9 Å². The molecule has 31 heavy (non-hydrogen) atoms. The van der Waals surface area contributed by atoms with Gasteiger partial charge in [-0.2, -0.15) is 4.31 Å². The van der Waals surface area contributed by atoms with E-state index in [2.05, 4.69) is 5.32 Å². The summed E-state index contributed by atoms with van der Waals surface area (Å²) in [4.78, 5) is 12.7. The molecule has 160 valence electrons. The lowest BCUT2D eigenvalue weighted by atomic mass is 9.95. The maximum absolute atomic E-state index is 14.4. The number of nitrogens with one attached hydrogen (secondary N) is 1. The topological polar surface area (TPSA) is 66.5 Å². The number of hydrogen-bond acceptors (Lipinski definition) is 3. The molecule has 0 aliphatic carbocycles. The number of carbonyl (C=O) groups is 1. The number of rotatable bonds is 4. The highest BCUT2D eigenvalue weighted by molar-refractivity contribution is 7.89. The van der Waals surface area contributed by atoms with Crippen LogP contribution in [0.25, 0.3) is 0 Å². The minimum atomic E-state index is -4.27. The Morgan fingerprint density at radius 1 is 1.06 bits per heavy atom. The van der Waals surface area contributed by atoms with Crippen LogP contribution in [-0.2, 0) is 27.8 Å². The maximum Gasteiger partial charge on any atom is 0.247 e. The molecule has 0 bridgehead atoms. The molecule has 0 saturated heterocycles. The van der Waals surface area contributed by atoms with Crippen LogP contribution in [0.1, 0.15) is 16.7 Å². The largest absolute Gasteiger partial charge is 0.325 e. The summed E-state index contributed by atoms with van der Waals surface area (Å²) < 4.78 is 42.2. The van der Waals surface area contributed by atoms with Gasteiger partial charge < -0.3 is 5.32 Å². The molecule has 0 unspecified atom stereocenters. The van der Waals surface area contributed by atoms with Crippen molar-refractivity contribution in [3.63, 3.8) is 0 Å². The van der Waals surface area contributed by atoms with Crippen LogP contribution < -0.4 is 5.32 Å². The first kappa shape index (κ1) is 21.5. The molecule has 4 rings (SSSR count). The van der Waals surface area contributed by atoms with Gasteiger partial charge in [-0.05, 0) is 54.3 Å². The number of fused-ring (bicyclic) bond motifs is 1. The molecule has 0 radical (unpaired) electrons. The highest BCUT2D eigenvalue weighted by Gasteiger charge is 2.40. The monoisotopic (exact) mass is 458 g/mol. The number of nitrogens with zero attached hydrogens (tertiary/aromatic N) is 1. The highest BCUT2D eigenvalue weighted by Crippen LogP contribution is 2.31. The van der Waals surface area contributed by atoms with Crippen molar-refractivity contribution >= 4 is 33.2 Å². The van der Waals surface area contributed by atoms with Gasteiger partial charge in [0, 0.05) is 17.3 Å². The molecule has 0 fully saturated rings. The number of carbonyl (C=O) groups excluding carboxylic acids is 1. The van der Waals surface area contributed by atoms with E-state index in [9.17, 15) is 17.6 Å². The van der Waals surface area contributed by atoms with Crippen molar-refractivity contribution in [1.82, 2.24) is 4.31 Å². The average Bonchev–Trinajstić information content (AvgIpc) is 2.75. The lowest BCUT2D eigenvalue weighted by molar-refractivity contribution is -0.120. The molecule has 1 aliphatic heterocycles. The van der Waals surface area contributed by atoms with Crippen LogP contribution in [0.5, 0.6) is 0 Å². The van der Waals surface area contributed by atoms with Crippen LogP contribution in [-0.4, -0.2) is 24.7 Å². The predicted octanol–water partition coefficient (Wildman–Crippen LogP) is 4.54. The van der Waals surface area contributed by atoms with Crippen molar-refractivity contribution in [1.29, 1.82) is 0 Å². The van der Waals surface area contributed by atoms with Crippen molar-refractivity contribution in [2.45, 2.75) is 30.8 Å². The quantitative estimate of drug-likeness (QED) is 0.624. The van der Waals surface area contributed by atoms with E-state index in [4.69, 9.17) is 11.6 Å². The summed E-state index contributed by atoms with van der Waals surface area (Å²) in [5, 5.41) is 3.24. The second kappa shape index (κ2) is 8.42. The molecule has 0 saturated carbocycles. The summed E-state index contributed by atoms with van der Waals surface area (Å²) in [5.41, 5.74) is 2.98. The normalized spacial score (nSPS) is 16.5. The van der Waals surface area contributed by atoms with Crippen LogP contribution in [0, 0.1) is 12.7 Å². The summed E-state index contributed by atoms with van der Waals surface area (Å²) in [6, 6.07) is 16.5. The molecule has 1 N–H and O–H groups in total. The Bertz CT molecular complexity index is 1260. The molecule has 0 spiro atoms. The zero-order valence-electron chi connectivity index (χ0n) is 16.7. The number of amides is 1. The van der Waals surface area contributed by atoms with E-state index >= 15 is 0 Å². The summed E-state index contributed by atoms with van der Waals surface area (Å²) >= 11 is 6.15. The first-order valence-electron chi connectivity index (χ1n) is 9.67. The smallest absolute Gasteiger partial charge is 0.247 e. The molecule has 0 aromatic heterocycles. The zero-order chi connectivity index (χ0) is 22.2. The number of hydrogen-bond donors (Lipinski definition) is 1. The first-order valence-corrected chi connectivity index (χ1v) is 11.5. The summed E-state index contributed by atoms with van der Waals surface area (Å²) in [5.74, 6) is -1.36. The van der Waals surface area contributed by atoms with Crippen LogP contribution in [0.15, 0.2) is 71.6 Å². The van der Waals surface area contributed by atoms with Gasteiger partial charge in [0.25, 0.3) is 0 Å². The van der Waals surface area contributed by atoms with E-state index in [0.717, 1.165) is 27.1 Å². The fraction of sp³-hybridized carbons (Fsp3) is 0.174. The molecular formula is C23H20ClFN2O3S. The Labute approximate surface area is 185 Å². The van der Waals surface area contributed by atoms with Crippen LogP contribution in [0.3, 0.4) is 0 Å². The second-order valence-corrected chi connectivity index (χ2v) is 9.69. The van der Waals surface area contributed by atoms with Gasteiger partial charge in [0.15, 0.2) is 0 Å². The second-order valence-electron chi connectivity index (χ2n) is 7.42. The van der Waals surface area contributed by atoms with Crippen molar-refractivity contribution in [3.05, 3.63) is 94.3 Å². The third-order valence-electron chi connectivity index (χ3n) is 5.37. The fourth-order valence-corrected chi connectivity index (χ4v) is 5.46. The fourth-order valence-electron chi connectivity index (χ4n) is 3.65.